The normalized spacial score (nSPS) is 16.2. The molecule has 5 rings (SSSR count). The summed E-state index contributed by atoms with van der Waals surface area (Å²) < 4.78 is 19.2. The van der Waals surface area contributed by atoms with Crippen LogP contribution in [-0.4, -0.2) is 27.8 Å². The van der Waals surface area contributed by atoms with E-state index in [1.807, 2.05) is 54.6 Å². The van der Waals surface area contributed by atoms with Crippen LogP contribution >= 0.6 is 11.3 Å². The molecule has 1 aliphatic heterocycles. The molecule has 0 bridgehead atoms. The fourth-order valence-corrected chi connectivity index (χ4v) is 4.08. The minimum Gasteiger partial charge on any atom is -0.494 e. The van der Waals surface area contributed by atoms with Crippen LogP contribution in [0.2, 0.25) is 0 Å². The van der Waals surface area contributed by atoms with Gasteiger partial charge >= 0.3 is 0 Å². The molecule has 7 nitrogen and oxygen atoms in total. The van der Waals surface area contributed by atoms with Gasteiger partial charge in [0.05, 0.1) is 11.1 Å². The minimum atomic E-state index is -0.450. The molecule has 2 aromatic heterocycles. The van der Waals surface area contributed by atoms with Crippen LogP contribution in [-0.2, 0) is 0 Å². The Morgan fingerprint density at radius 2 is 2.00 bits per heavy atom. The molecule has 0 spiro atoms. The number of benzene rings is 2. The van der Waals surface area contributed by atoms with E-state index in [9.17, 15) is 4.79 Å². The first-order valence-electron chi connectivity index (χ1n) is 9.74. The SMILES string of the molecule is CCCOc1ccc(/C=c2/sc3nc(C4COc5ccccc5O4)nn3c2=O)cc1. The molecular weight excluding hydrogens is 402 g/mol. The maximum absolute atomic E-state index is 12.8. The minimum absolute atomic E-state index is 0.197. The Labute approximate surface area is 176 Å². The Morgan fingerprint density at radius 1 is 1.20 bits per heavy atom. The zero-order chi connectivity index (χ0) is 20.5. The second kappa shape index (κ2) is 7.79. The van der Waals surface area contributed by atoms with Gasteiger partial charge in [0.25, 0.3) is 5.56 Å². The first-order chi connectivity index (χ1) is 14.7. The Morgan fingerprint density at radius 3 is 2.77 bits per heavy atom. The molecule has 1 unspecified atom stereocenters. The first kappa shape index (κ1) is 18.6. The summed E-state index contributed by atoms with van der Waals surface area (Å²) in [4.78, 5) is 17.8. The molecule has 4 aromatic rings. The van der Waals surface area contributed by atoms with Crippen molar-refractivity contribution in [2.24, 2.45) is 0 Å². The van der Waals surface area contributed by atoms with Crippen LogP contribution in [0.1, 0.15) is 30.8 Å². The number of fused-ring (bicyclic) bond motifs is 2. The summed E-state index contributed by atoms with van der Waals surface area (Å²) in [6.07, 6.45) is 2.35. The van der Waals surface area contributed by atoms with Crippen LogP contribution in [0, 0.1) is 0 Å². The van der Waals surface area contributed by atoms with Crippen molar-refractivity contribution in [1.82, 2.24) is 14.6 Å². The van der Waals surface area contributed by atoms with Gasteiger partial charge in [0.15, 0.2) is 23.4 Å². The van der Waals surface area contributed by atoms with Crippen molar-refractivity contribution < 1.29 is 14.2 Å². The molecule has 0 N–H and O–H groups in total. The third-order valence-corrected chi connectivity index (χ3v) is 5.60. The van der Waals surface area contributed by atoms with Gasteiger partial charge in [-0.3, -0.25) is 4.79 Å². The summed E-state index contributed by atoms with van der Waals surface area (Å²) in [6, 6.07) is 15.1. The summed E-state index contributed by atoms with van der Waals surface area (Å²) >= 11 is 1.30. The fourth-order valence-electron chi connectivity index (χ4n) is 3.16. The lowest BCUT2D eigenvalue weighted by Gasteiger charge is -2.24. The van der Waals surface area contributed by atoms with Gasteiger partial charge in [0, 0.05) is 0 Å². The van der Waals surface area contributed by atoms with Crippen LogP contribution in [0.3, 0.4) is 0 Å². The third-order valence-electron chi connectivity index (χ3n) is 4.65. The maximum atomic E-state index is 12.8. The molecule has 3 heterocycles. The number of nitrogens with zero attached hydrogens (tertiary/aromatic N) is 3. The van der Waals surface area contributed by atoms with Crippen LogP contribution in [0.4, 0.5) is 0 Å². The monoisotopic (exact) mass is 421 g/mol. The molecule has 152 valence electrons. The molecule has 0 saturated heterocycles. The summed E-state index contributed by atoms with van der Waals surface area (Å²) in [5, 5.41) is 4.38. The van der Waals surface area contributed by atoms with E-state index in [2.05, 4.69) is 17.0 Å². The van der Waals surface area contributed by atoms with Gasteiger partial charge in [-0.05, 0) is 42.3 Å². The Hall–Kier alpha value is -3.39. The second-order valence-electron chi connectivity index (χ2n) is 6.86. The van der Waals surface area contributed by atoms with Crippen LogP contribution in [0.15, 0.2) is 53.3 Å². The molecule has 0 amide bonds. The standard InChI is InChI=1S/C22H19N3O4S/c1-2-11-27-15-9-7-14(8-10-15)12-19-21(26)25-22(30-19)23-20(24-25)18-13-28-16-5-3-4-6-17(16)29-18/h3-10,12,18H,2,11,13H2,1H3/b19-12+. The van der Waals surface area contributed by atoms with E-state index in [4.69, 9.17) is 14.2 Å². The average Bonchev–Trinajstić information content (AvgIpc) is 3.32. The second-order valence-corrected chi connectivity index (χ2v) is 7.87. The maximum Gasteiger partial charge on any atom is 0.291 e. The highest BCUT2D eigenvalue weighted by Crippen LogP contribution is 2.35. The number of thiazole rings is 1. The summed E-state index contributed by atoms with van der Waals surface area (Å²) in [7, 11) is 0. The highest BCUT2D eigenvalue weighted by molar-refractivity contribution is 7.15. The molecule has 0 saturated carbocycles. The molecular formula is C22H19N3O4S. The van der Waals surface area contributed by atoms with E-state index in [-0.39, 0.29) is 5.56 Å². The Balaban J connectivity index is 1.40. The lowest BCUT2D eigenvalue weighted by molar-refractivity contribution is 0.0852. The average molecular weight is 421 g/mol. The number of rotatable bonds is 5. The largest absolute Gasteiger partial charge is 0.494 e. The van der Waals surface area contributed by atoms with E-state index >= 15 is 0 Å². The smallest absolute Gasteiger partial charge is 0.291 e. The van der Waals surface area contributed by atoms with Crippen LogP contribution in [0.25, 0.3) is 11.0 Å². The van der Waals surface area contributed by atoms with Crippen molar-refractivity contribution in [3.8, 4) is 17.2 Å². The number of hydrogen-bond acceptors (Lipinski definition) is 7. The third kappa shape index (κ3) is 3.50. The summed E-state index contributed by atoms with van der Waals surface area (Å²) in [5.41, 5.74) is 0.721. The van der Waals surface area contributed by atoms with Crippen molar-refractivity contribution in [2.75, 3.05) is 13.2 Å². The van der Waals surface area contributed by atoms with Gasteiger partial charge in [-0.25, -0.2) is 0 Å². The molecule has 0 fully saturated rings. The first-order valence-corrected chi connectivity index (χ1v) is 10.6. The molecule has 0 radical (unpaired) electrons. The van der Waals surface area contributed by atoms with Crippen molar-refractivity contribution in [3.05, 3.63) is 74.8 Å². The number of aromatic nitrogens is 3. The van der Waals surface area contributed by atoms with E-state index in [1.165, 1.54) is 15.9 Å². The summed E-state index contributed by atoms with van der Waals surface area (Å²) in [5.74, 6) is 2.61. The van der Waals surface area contributed by atoms with Gasteiger partial charge in [-0.2, -0.15) is 9.50 Å². The van der Waals surface area contributed by atoms with Crippen LogP contribution < -0.4 is 24.3 Å². The lowest BCUT2D eigenvalue weighted by atomic mass is 10.2. The van der Waals surface area contributed by atoms with Gasteiger partial charge in [-0.15, -0.1) is 5.10 Å². The highest BCUT2D eigenvalue weighted by Gasteiger charge is 2.27. The number of hydrogen-bond donors (Lipinski definition) is 0. The van der Waals surface area contributed by atoms with Gasteiger partial charge < -0.3 is 14.2 Å². The summed E-state index contributed by atoms with van der Waals surface area (Å²) in [6.45, 7) is 3.05. The van der Waals surface area contributed by atoms with Gasteiger partial charge in [0.1, 0.15) is 12.4 Å². The Bertz CT molecular complexity index is 1300. The van der Waals surface area contributed by atoms with Gasteiger partial charge in [0.2, 0.25) is 4.96 Å². The lowest BCUT2D eigenvalue weighted by Crippen LogP contribution is -2.26. The quantitative estimate of drug-likeness (QED) is 0.493. The highest BCUT2D eigenvalue weighted by atomic mass is 32.1. The zero-order valence-corrected chi connectivity index (χ0v) is 17.1. The number of para-hydroxylation sites is 2. The predicted octanol–water partition coefficient (Wildman–Crippen LogP) is 3.00. The van der Waals surface area contributed by atoms with Gasteiger partial charge in [-0.1, -0.05) is 42.5 Å². The molecule has 30 heavy (non-hydrogen) atoms. The molecule has 1 aliphatic rings. The van der Waals surface area contributed by atoms with Crippen molar-refractivity contribution >= 4 is 22.4 Å². The van der Waals surface area contributed by atoms with E-state index in [0.717, 1.165) is 17.7 Å². The topological polar surface area (TPSA) is 74.9 Å². The predicted molar refractivity (Wildman–Crippen MR) is 113 cm³/mol. The Kier molecular flexibility index (Phi) is 4.84. The molecule has 0 aliphatic carbocycles. The molecule has 2 aromatic carbocycles. The molecule has 8 heteroatoms. The van der Waals surface area contributed by atoms with E-state index < -0.39 is 6.10 Å². The van der Waals surface area contributed by atoms with Crippen molar-refractivity contribution in [1.29, 1.82) is 0 Å². The zero-order valence-electron chi connectivity index (χ0n) is 16.3. The van der Waals surface area contributed by atoms with E-state index in [1.54, 1.807) is 0 Å². The van der Waals surface area contributed by atoms with Crippen molar-refractivity contribution in [2.45, 2.75) is 19.4 Å². The van der Waals surface area contributed by atoms with Crippen LogP contribution in [0.5, 0.6) is 17.2 Å². The van der Waals surface area contributed by atoms with Crippen molar-refractivity contribution in [3.63, 3.8) is 0 Å². The van der Waals surface area contributed by atoms with E-state index in [0.29, 0.717) is 40.0 Å². The number of ether oxygens (including phenoxy) is 3. The molecule has 1 atom stereocenters. The fraction of sp³-hybridized carbons (Fsp3) is 0.227.